The van der Waals surface area contributed by atoms with Crippen molar-refractivity contribution in [3.63, 3.8) is 0 Å². The topological polar surface area (TPSA) is 77.8 Å². The van der Waals surface area contributed by atoms with Crippen LogP contribution in [0.2, 0.25) is 0 Å². The predicted molar refractivity (Wildman–Crippen MR) is 107 cm³/mol. The van der Waals surface area contributed by atoms with Crippen LogP contribution in [0.25, 0.3) is 10.9 Å². The van der Waals surface area contributed by atoms with Crippen LogP contribution in [0.1, 0.15) is 40.9 Å². The molecule has 1 aromatic heterocycles. The van der Waals surface area contributed by atoms with Gasteiger partial charge in [0.05, 0.1) is 18.5 Å². The second kappa shape index (κ2) is 8.52. The number of benzene rings is 2. The van der Waals surface area contributed by atoms with Gasteiger partial charge in [0, 0.05) is 22.7 Å². The van der Waals surface area contributed by atoms with E-state index in [-0.39, 0.29) is 28.9 Å². The molecule has 6 nitrogen and oxygen atoms in total. The number of halogens is 4. The summed E-state index contributed by atoms with van der Waals surface area (Å²) in [5, 5.41) is 10.0. The maximum atomic E-state index is 14.5. The zero-order valence-electron chi connectivity index (χ0n) is 17.3. The van der Waals surface area contributed by atoms with Crippen LogP contribution in [0.3, 0.4) is 0 Å². The molecular weight excluding hydrogens is 434 g/mol. The second-order valence-electron chi connectivity index (χ2n) is 7.01. The number of methoxy groups -OCH3 is 1. The molecule has 32 heavy (non-hydrogen) atoms. The number of hydrogen-bond donors (Lipinski definition) is 1. The Hall–Kier alpha value is -3.56. The van der Waals surface area contributed by atoms with Crippen LogP contribution in [0.4, 0.5) is 17.6 Å². The van der Waals surface area contributed by atoms with E-state index in [0.29, 0.717) is 10.9 Å². The van der Waals surface area contributed by atoms with E-state index < -0.39 is 35.7 Å². The SMILES string of the molecule is CCC(C(=O)O)c1c(C)n(C(=O)c2ccc(OC(F)(F)F)cc2)c2cc(F)c(OC)cc12. The molecule has 3 rings (SSSR count). The molecule has 1 heterocycles. The number of nitrogens with zero attached hydrogens (tertiary/aromatic N) is 1. The molecule has 1 unspecified atom stereocenters. The second-order valence-corrected chi connectivity index (χ2v) is 7.01. The summed E-state index contributed by atoms with van der Waals surface area (Å²) < 4.78 is 61.6. The van der Waals surface area contributed by atoms with Crippen LogP contribution < -0.4 is 9.47 Å². The summed E-state index contributed by atoms with van der Waals surface area (Å²) in [7, 11) is 1.26. The number of carboxylic acids is 1. The molecule has 2 aromatic carbocycles. The molecule has 0 aliphatic rings. The zero-order chi connectivity index (χ0) is 23.8. The molecule has 0 amide bonds. The van der Waals surface area contributed by atoms with Gasteiger partial charge >= 0.3 is 12.3 Å². The Morgan fingerprint density at radius 3 is 2.28 bits per heavy atom. The summed E-state index contributed by atoms with van der Waals surface area (Å²) in [6, 6.07) is 6.66. The summed E-state index contributed by atoms with van der Waals surface area (Å²) in [6.07, 6.45) is -4.66. The fourth-order valence-corrected chi connectivity index (χ4v) is 3.73. The average Bonchev–Trinajstić information content (AvgIpc) is 2.97. The summed E-state index contributed by atoms with van der Waals surface area (Å²) in [5.74, 6) is -4.12. The lowest BCUT2D eigenvalue weighted by Crippen LogP contribution is -2.18. The number of rotatable bonds is 6. The van der Waals surface area contributed by atoms with Gasteiger partial charge in [0.1, 0.15) is 5.75 Å². The highest BCUT2D eigenvalue weighted by Gasteiger charge is 2.32. The molecular formula is C22H19F4NO5. The molecule has 3 aromatic rings. The number of aliphatic carboxylic acids is 1. The molecule has 0 bridgehead atoms. The molecule has 1 N–H and O–H groups in total. The first-order valence-corrected chi connectivity index (χ1v) is 9.50. The van der Waals surface area contributed by atoms with Crippen molar-refractivity contribution in [3.8, 4) is 11.5 Å². The number of aromatic nitrogens is 1. The van der Waals surface area contributed by atoms with E-state index in [4.69, 9.17) is 4.74 Å². The van der Waals surface area contributed by atoms with E-state index in [1.807, 2.05) is 0 Å². The lowest BCUT2D eigenvalue weighted by atomic mass is 9.94. The fraction of sp³-hybridized carbons (Fsp3) is 0.273. The van der Waals surface area contributed by atoms with Crippen molar-refractivity contribution in [3.05, 3.63) is 59.0 Å². The number of alkyl halides is 3. The quantitative estimate of drug-likeness (QED) is 0.515. The molecule has 0 aliphatic heterocycles. The Labute approximate surface area is 180 Å². The van der Waals surface area contributed by atoms with Crippen molar-refractivity contribution >= 4 is 22.8 Å². The van der Waals surface area contributed by atoms with Crippen LogP contribution in [-0.2, 0) is 4.79 Å². The number of carbonyl (C=O) groups excluding carboxylic acids is 1. The monoisotopic (exact) mass is 453 g/mol. The average molecular weight is 453 g/mol. The van der Waals surface area contributed by atoms with E-state index in [0.717, 1.165) is 34.9 Å². The lowest BCUT2D eigenvalue weighted by Gasteiger charge is -2.12. The summed E-state index contributed by atoms with van der Waals surface area (Å²) in [4.78, 5) is 25.1. The van der Waals surface area contributed by atoms with E-state index in [1.165, 1.54) is 20.1 Å². The molecule has 0 fully saturated rings. The van der Waals surface area contributed by atoms with Crippen molar-refractivity contribution in [2.45, 2.75) is 32.5 Å². The minimum atomic E-state index is -4.88. The Bertz CT molecular complexity index is 1180. The standard InChI is InChI=1S/C22H19F4NO5/c1-4-14(21(29)30)19-11(2)27(17-10-16(23)18(31-3)9-15(17)19)20(28)12-5-7-13(8-6-12)32-22(24,25)26/h5-10,14H,4H2,1-3H3,(H,29,30). The lowest BCUT2D eigenvalue weighted by molar-refractivity contribution is -0.274. The Morgan fingerprint density at radius 1 is 1.16 bits per heavy atom. The van der Waals surface area contributed by atoms with Gasteiger partial charge in [-0.05, 0) is 49.2 Å². The summed E-state index contributed by atoms with van der Waals surface area (Å²) in [6.45, 7) is 3.20. The number of fused-ring (bicyclic) bond motifs is 1. The van der Waals surface area contributed by atoms with E-state index in [9.17, 15) is 32.3 Å². The first-order valence-electron chi connectivity index (χ1n) is 9.50. The molecule has 0 radical (unpaired) electrons. The van der Waals surface area contributed by atoms with Crippen LogP contribution in [0.15, 0.2) is 36.4 Å². The minimum Gasteiger partial charge on any atom is -0.494 e. The van der Waals surface area contributed by atoms with E-state index in [1.54, 1.807) is 6.92 Å². The molecule has 0 saturated heterocycles. The maximum absolute atomic E-state index is 14.5. The number of carbonyl (C=O) groups is 2. The third-order valence-corrected chi connectivity index (χ3v) is 5.12. The molecule has 0 spiro atoms. The Balaban J connectivity index is 2.19. The van der Waals surface area contributed by atoms with Crippen molar-refractivity contribution in [1.29, 1.82) is 0 Å². The highest BCUT2D eigenvalue weighted by atomic mass is 19.4. The smallest absolute Gasteiger partial charge is 0.494 e. The minimum absolute atomic E-state index is 0.00525. The van der Waals surface area contributed by atoms with Crippen molar-refractivity contribution in [2.24, 2.45) is 0 Å². The molecule has 0 aliphatic carbocycles. The molecule has 10 heteroatoms. The van der Waals surface area contributed by atoms with Crippen LogP contribution in [0.5, 0.6) is 11.5 Å². The van der Waals surface area contributed by atoms with E-state index >= 15 is 0 Å². The number of carboxylic acid groups (broad SMARTS) is 1. The van der Waals surface area contributed by atoms with Crippen molar-refractivity contribution in [2.75, 3.05) is 7.11 Å². The van der Waals surface area contributed by atoms with Gasteiger partial charge in [-0.15, -0.1) is 13.2 Å². The van der Waals surface area contributed by atoms with Gasteiger partial charge in [-0.3, -0.25) is 14.2 Å². The first kappa shape index (κ1) is 23.1. The predicted octanol–water partition coefficient (Wildman–Crippen LogP) is 5.26. The maximum Gasteiger partial charge on any atom is 0.573 e. The van der Waals surface area contributed by atoms with E-state index in [2.05, 4.69) is 4.74 Å². The van der Waals surface area contributed by atoms with Crippen molar-refractivity contribution in [1.82, 2.24) is 4.57 Å². The van der Waals surface area contributed by atoms with Crippen LogP contribution in [-0.4, -0.2) is 35.0 Å². The fourth-order valence-electron chi connectivity index (χ4n) is 3.73. The van der Waals surface area contributed by atoms with Gasteiger partial charge in [-0.25, -0.2) is 4.39 Å². The van der Waals surface area contributed by atoms with Crippen LogP contribution >= 0.6 is 0 Å². The van der Waals surface area contributed by atoms with Gasteiger partial charge < -0.3 is 14.6 Å². The highest BCUT2D eigenvalue weighted by Crippen LogP contribution is 2.37. The summed E-state index contributed by atoms with van der Waals surface area (Å²) in [5.41, 5.74) is 0.739. The van der Waals surface area contributed by atoms with Crippen molar-refractivity contribution < 1.29 is 41.7 Å². The Kier molecular flexibility index (Phi) is 6.16. The molecule has 170 valence electrons. The zero-order valence-corrected chi connectivity index (χ0v) is 17.3. The largest absolute Gasteiger partial charge is 0.573 e. The number of hydrogen-bond acceptors (Lipinski definition) is 4. The highest BCUT2D eigenvalue weighted by molar-refractivity contribution is 6.05. The first-order chi connectivity index (χ1) is 15.0. The molecule has 1 atom stereocenters. The van der Waals surface area contributed by atoms with Gasteiger partial charge in [0.25, 0.3) is 5.91 Å². The normalized spacial score (nSPS) is 12.6. The van der Waals surface area contributed by atoms with Gasteiger partial charge in [0.15, 0.2) is 11.6 Å². The van der Waals surface area contributed by atoms with Gasteiger partial charge in [-0.1, -0.05) is 6.92 Å². The van der Waals surface area contributed by atoms with Gasteiger partial charge in [0.2, 0.25) is 0 Å². The Morgan fingerprint density at radius 2 is 1.78 bits per heavy atom. The third kappa shape index (κ3) is 4.25. The summed E-state index contributed by atoms with van der Waals surface area (Å²) >= 11 is 0. The van der Waals surface area contributed by atoms with Gasteiger partial charge in [-0.2, -0.15) is 0 Å². The number of ether oxygens (including phenoxy) is 2. The third-order valence-electron chi connectivity index (χ3n) is 5.12. The molecule has 0 saturated carbocycles. The van der Waals surface area contributed by atoms with Crippen LogP contribution in [0, 0.1) is 12.7 Å².